The van der Waals surface area contributed by atoms with Crippen molar-refractivity contribution in [3.63, 3.8) is 0 Å². The molecule has 0 spiro atoms. The third-order valence-corrected chi connectivity index (χ3v) is 5.05. The molecule has 0 aliphatic heterocycles. The van der Waals surface area contributed by atoms with Gasteiger partial charge in [0.1, 0.15) is 18.1 Å². The second kappa shape index (κ2) is 14.2. The highest BCUT2D eigenvalue weighted by atomic mass is 32.1. The molecule has 0 aromatic heterocycles. The van der Waals surface area contributed by atoms with Gasteiger partial charge >= 0.3 is 11.9 Å². The molecule has 0 aliphatic rings. The van der Waals surface area contributed by atoms with E-state index in [-0.39, 0.29) is 24.5 Å². The number of carbonyl (C=O) groups excluding carboxylic acids is 4. The van der Waals surface area contributed by atoms with E-state index in [2.05, 4.69) is 23.3 Å². The van der Waals surface area contributed by atoms with Crippen molar-refractivity contribution >= 4 is 48.2 Å². The van der Waals surface area contributed by atoms with E-state index in [1.54, 1.807) is 6.92 Å². The van der Waals surface area contributed by atoms with Gasteiger partial charge in [0.25, 0.3) is 0 Å². The minimum atomic E-state index is -1.76. The Hall–Kier alpha value is -2.87. The first-order chi connectivity index (χ1) is 14.8. The molecule has 0 heterocycles. The van der Waals surface area contributed by atoms with Crippen LogP contribution in [0.1, 0.15) is 39.5 Å². The molecule has 5 unspecified atom stereocenters. The second-order valence-electron chi connectivity index (χ2n) is 7.22. The Morgan fingerprint density at radius 3 is 1.84 bits per heavy atom. The van der Waals surface area contributed by atoms with E-state index in [9.17, 15) is 28.8 Å². The van der Waals surface area contributed by atoms with Crippen molar-refractivity contribution in [3.05, 3.63) is 0 Å². The number of aliphatic carboxylic acids is 2. The van der Waals surface area contributed by atoms with Gasteiger partial charge in [0.05, 0.1) is 12.5 Å². The van der Waals surface area contributed by atoms with Gasteiger partial charge in [0.15, 0.2) is 0 Å². The first-order valence-electron chi connectivity index (χ1n) is 9.84. The van der Waals surface area contributed by atoms with Gasteiger partial charge in [-0.1, -0.05) is 20.3 Å². The zero-order valence-electron chi connectivity index (χ0n) is 17.9. The average Bonchev–Trinajstić information content (AvgIpc) is 2.71. The third-order valence-electron chi connectivity index (χ3n) is 4.68. The molecular weight excluding hydrogens is 446 g/mol. The molecule has 0 aliphatic carbocycles. The summed E-state index contributed by atoms with van der Waals surface area (Å²) in [5, 5.41) is 24.6. The van der Waals surface area contributed by atoms with Crippen molar-refractivity contribution in [3.8, 4) is 0 Å². The third kappa shape index (κ3) is 10.4. The molecule has 13 nitrogen and oxygen atoms in total. The molecule has 0 aromatic carbocycles. The summed E-state index contributed by atoms with van der Waals surface area (Å²) in [4.78, 5) is 70.5. The normalized spacial score (nSPS) is 15.4. The van der Waals surface area contributed by atoms with E-state index in [4.69, 9.17) is 21.7 Å². The maximum atomic E-state index is 12.6. The van der Waals surface area contributed by atoms with Crippen molar-refractivity contribution < 1.29 is 39.0 Å². The van der Waals surface area contributed by atoms with Crippen LogP contribution in [0, 0.1) is 5.92 Å². The fourth-order valence-corrected chi connectivity index (χ4v) is 2.71. The van der Waals surface area contributed by atoms with Gasteiger partial charge in [0.2, 0.25) is 23.6 Å². The summed E-state index contributed by atoms with van der Waals surface area (Å²) in [5.74, 6) is -6.62. The molecule has 14 heteroatoms. The van der Waals surface area contributed by atoms with Gasteiger partial charge in [-0.25, -0.2) is 4.79 Å². The van der Waals surface area contributed by atoms with Gasteiger partial charge in [-0.05, 0) is 12.3 Å². The SMILES string of the molecule is CCC(C)C(N)C(=O)NC(CS)C(=O)NC(CCC(N)=O)C(=O)NC(CC(=O)O)C(=O)O. The summed E-state index contributed by atoms with van der Waals surface area (Å²) in [5.41, 5.74) is 10.9. The topological polar surface area (TPSA) is 231 Å². The Morgan fingerprint density at radius 1 is 0.906 bits per heavy atom. The number of primary amides is 1. The van der Waals surface area contributed by atoms with Crippen molar-refractivity contribution in [1.82, 2.24) is 16.0 Å². The van der Waals surface area contributed by atoms with Crippen LogP contribution in [0.4, 0.5) is 0 Å². The summed E-state index contributed by atoms with van der Waals surface area (Å²) in [7, 11) is 0. The largest absolute Gasteiger partial charge is 0.481 e. The number of nitrogens with one attached hydrogen (secondary N) is 3. The standard InChI is InChI=1S/C18H31N5O8S/c1-3-8(2)14(20)17(29)23-11(7-32)16(28)21-9(4-5-12(19)24)15(27)22-10(18(30)31)6-13(25)26/h8-11,14,32H,3-7,20H2,1-2H3,(H2,19,24)(H,21,28)(H,22,27)(H,23,29)(H,25,26)(H,30,31). The molecule has 9 N–H and O–H groups in total. The van der Waals surface area contributed by atoms with Crippen molar-refractivity contribution in [2.24, 2.45) is 17.4 Å². The van der Waals surface area contributed by atoms with E-state index in [0.29, 0.717) is 6.42 Å². The van der Waals surface area contributed by atoms with E-state index < -0.39 is 66.2 Å². The van der Waals surface area contributed by atoms with Gasteiger partial charge in [-0.3, -0.25) is 24.0 Å². The number of carbonyl (C=O) groups is 6. The van der Waals surface area contributed by atoms with Crippen LogP contribution >= 0.6 is 12.6 Å². The van der Waals surface area contributed by atoms with Crippen LogP contribution in [0.25, 0.3) is 0 Å². The lowest BCUT2D eigenvalue weighted by atomic mass is 9.99. The number of thiol groups is 1. The van der Waals surface area contributed by atoms with E-state index >= 15 is 0 Å². The minimum absolute atomic E-state index is 0.147. The van der Waals surface area contributed by atoms with Crippen LogP contribution in [-0.4, -0.2) is 75.7 Å². The quantitative estimate of drug-likeness (QED) is 0.117. The Kier molecular flexibility index (Phi) is 13.0. The Morgan fingerprint density at radius 2 is 1.41 bits per heavy atom. The molecule has 0 saturated carbocycles. The number of carboxylic acid groups (broad SMARTS) is 2. The first kappa shape index (κ1) is 29.1. The van der Waals surface area contributed by atoms with Crippen LogP contribution in [-0.2, 0) is 28.8 Å². The van der Waals surface area contributed by atoms with Crippen LogP contribution in [0.15, 0.2) is 0 Å². The van der Waals surface area contributed by atoms with Gasteiger partial charge in [-0.15, -0.1) is 0 Å². The molecule has 0 rings (SSSR count). The maximum Gasteiger partial charge on any atom is 0.326 e. The van der Waals surface area contributed by atoms with Crippen molar-refractivity contribution in [1.29, 1.82) is 0 Å². The molecule has 0 radical (unpaired) electrons. The number of hydrogen-bond donors (Lipinski definition) is 8. The van der Waals surface area contributed by atoms with E-state index in [1.807, 2.05) is 12.2 Å². The Bertz CT molecular complexity index is 719. The molecule has 0 aromatic rings. The molecular formula is C18H31N5O8S. The summed E-state index contributed by atoms with van der Waals surface area (Å²) < 4.78 is 0. The number of hydrogen-bond acceptors (Lipinski definition) is 8. The lowest BCUT2D eigenvalue weighted by Gasteiger charge is -2.25. The second-order valence-corrected chi connectivity index (χ2v) is 7.58. The maximum absolute atomic E-state index is 12.6. The summed E-state index contributed by atoms with van der Waals surface area (Å²) in [6.07, 6.45) is -0.888. The predicted octanol–water partition coefficient (Wildman–Crippen LogP) is -2.43. The molecule has 0 fully saturated rings. The number of amides is 4. The minimum Gasteiger partial charge on any atom is -0.481 e. The molecule has 182 valence electrons. The monoisotopic (exact) mass is 477 g/mol. The lowest BCUT2D eigenvalue weighted by Crippen LogP contribution is -2.58. The van der Waals surface area contributed by atoms with Crippen molar-refractivity contribution in [2.75, 3.05) is 5.75 Å². The van der Waals surface area contributed by atoms with Gasteiger partial charge in [-0.2, -0.15) is 12.6 Å². The highest BCUT2D eigenvalue weighted by Crippen LogP contribution is 2.06. The lowest BCUT2D eigenvalue weighted by molar-refractivity contribution is -0.147. The number of nitrogens with two attached hydrogens (primary N) is 2. The van der Waals surface area contributed by atoms with Gasteiger partial charge < -0.3 is 37.6 Å². The van der Waals surface area contributed by atoms with E-state index in [0.717, 1.165) is 0 Å². The predicted molar refractivity (Wildman–Crippen MR) is 115 cm³/mol. The fourth-order valence-electron chi connectivity index (χ4n) is 2.45. The summed E-state index contributed by atoms with van der Waals surface area (Å²) in [6, 6.07) is -5.24. The van der Waals surface area contributed by atoms with Crippen molar-refractivity contribution in [2.45, 2.75) is 63.7 Å². The average molecular weight is 478 g/mol. The van der Waals surface area contributed by atoms with Crippen LogP contribution in [0.3, 0.4) is 0 Å². The van der Waals surface area contributed by atoms with Crippen LogP contribution in [0.5, 0.6) is 0 Å². The molecule has 0 bridgehead atoms. The molecule has 32 heavy (non-hydrogen) atoms. The summed E-state index contributed by atoms with van der Waals surface area (Å²) >= 11 is 4.02. The van der Waals surface area contributed by atoms with Gasteiger partial charge in [0, 0.05) is 12.2 Å². The van der Waals surface area contributed by atoms with E-state index in [1.165, 1.54) is 0 Å². The molecule has 0 saturated heterocycles. The Balaban J connectivity index is 5.39. The molecule has 4 amide bonds. The number of rotatable bonds is 15. The summed E-state index contributed by atoms with van der Waals surface area (Å²) in [6.45, 7) is 3.61. The molecule has 5 atom stereocenters. The van der Waals surface area contributed by atoms with Crippen LogP contribution in [0.2, 0.25) is 0 Å². The highest BCUT2D eigenvalue weighted by molar-refractivity contribution is 7.80. The Labute approximate surface area is 190 Å². The smallest absolute Gasteiger partial charge is 0.326 e. The first-order valence-corrected chi connectivity index (χ1v) is 10.5. The fraction of sp³-hybridized carbons (Fsp3) is 0.667. The number of carboxylic acids is 2. The zero-order valence-corrected chi connectivity index (χ0v) is 18.8. The zero-order chi connectivity index (χ0) is 25.0. The van der Waals surface area contributed by atoms with Crippen LogP contribution < -0.4 is 27.4 Å². The highest BCUT2D eigenvalue weighted by Gasteiger charge is 2.31.